The Labute approximate surface area is 208 Å². The monoisotopic (exact) mass is 472 g/mol. The van der Waals surface area contributed by atoms with Crippen LogP contribution in [0.4, 0.5) is 0 Å². The van der Waals surface area contributed by atoms with Crippen molar-refractivity contribution in [1.82, 2.24) is 0 Å². The molecule has 0 radical (unpaired) electrons. The van der Waals surface area contributed by atoms with Crippen LogP contribution in [0.1, 0.15) is 145 Å². The Balaban J connectivity index is -0.00000450. The molecule has 0 saturated carbocycles. The van der Waals surface area contributed by atoms with Gasteiger partial charge in [0.15, 0.2) is 0 Å². The lowest BCUT2D eigenvalue weighted by Gasteiger charge is -2.17. The van der Waals surface area contributed by atoms with Gasteiger partial charge >= 0.3 is 0 Å². The van der Waals surface area contributed by atoms with Gasteiger partial charge in [-0.2, -0.15) is 0 Å². The summed E-state index contributed by atoms with van der Waals surface area (Å²) < 4.78 is 11.6. The molecule has 2 atom stereocenters. The summed E-state index contributed by atoms with van der Waals surface area (Å²) in [5.74, 6) is 0.690. The molecule has 0 amide bonds. The van der Waals surface area contributed by atoms with Crippen LogP contribution in [0, 0.1) is 5.92 Å². The summed E-state index contributed by atoms with van der Waals surface area (Å²) in [6.45, 7) is 10.2. The highest BCUT2D eigenvalue weighted by molar-refractivity contribution is 5.81. The zero-order valence-electron chi connectivity index (χ0n) is 21.2. The molecular formula is C29H60O4. The van der Waals surface area contributed by atoms with Crippen molar-refractivity contribution >= 4 is 11.6 Å². The number of carbonyl (C=O) groups is 2. The Hall–Kier alpha value is -0.740. The first kappa shape index (κ1) is 36.8. The molecule has 2 unspecified atom stereocenters. The van der Waals surface area contributed by atoms with Gasteiger partial charge in [-0.15, -0.1) is 0 Å². The number of ketones is 2. The second-order valence-electron chi connectivity index (χ2n) is 9.35. The van der Waals surface area contributed by atoms with Crippen molar-refractivity contribution in [2.75, 3.05) is 19.8 Å². The van der Waals surface area contributed by atoms with Gasteiger partial charge in [-0.25, -0.2) is 0 Å². The fourth-order valence-electron chi connectivity index (χ4n) is 3.70. The van der Waals surface area contributed by atoms with Crippen LogP contribution in [0.5, 0.6) is 0 Å². The summed E-state index contributed by atoms with van der Waals surface area (Å²) in [7, 11) is 0. The van der Waals surface area contributed by atoms with Crippen LogP contribution < -0.4 is 0 Å². The average molecular weight is 473 g/mol. The van der Waals surface area contributed by atoms with Crippen molar-refractivity contribution in [2.45, 2.75) is 151 Å². The maximum atomic E-state index is 12.0. The standard InChI is InChI=1S/C27H52O4.2CH4/c1-5-7-8-9-10-11-12-13-14-15-16-20-30-23-25(4)31-22-24(3)21-27(29)19-17-18-26(28)6-2;;/h24-25H,5-23H2,1-4H3;2*1H4. The van der Waals surface area contributed by atoms with Gasteiger partial charge in [0.25, 0.3) is 0 Å². The molecule has 0 aromatic carbocycles. The van der Waals surface area contributed by atoms with Gasteiger partial charge in [0.05, 0.1) is 19.3 Å². The van der Waals surface area contributed by atoms with E-state index >= 15 is 0 Å². The summed E-state index contributed by atoms with van der Waals surface area (Å²) in [6.07, 6.45) is 17.7. The van der Waals surface area contributed by atoms with Gasteiger partial charge in [-0.1, -0.05) is 99.8 Å². The molecule has 0 aromatic heterocycles. The van der Waals surface area contributed by atoms with Crippen molar-refractivity contribution in [3.8, 4) is 0 Å². The van der Waals surface area contributed by atoms with E-state index in [1.165, 1.54) is 64.2 Å². The Bertz CT molecular complexity index is 422. The lowest BCUT2D eigenvalue weighted by atomic mass is 10.0. The van der Waals surface area contributed by atoms with Gasteiger partial charge in [0.2, 0.25) is 0 Å². The number of ether oxygens (including phenoxy) is 2. The van der Waals surface area contributed by atoms with Gasteiger partial charge in [-0.05, 0) is 25.7 Å². The Kier molecular flexibility index (Phi) is 30.7. The quantitative estimate of drug-likeness (QED) is 0.132. The molecule has 0 spiro atoms. The molecule has 0 bridgehead atoms. The number of unbranched alkanes of at least 4 members (excludes halogenated alkanes) is 10. The third-order valence-corrected chi connectivity index (χ3v) is 5.79. The molecule has 0 rings (SSSR count). The van der Waals surface area contributed by atoms with Crippen molar-refractivity contribution in [1.29, 1.82) is 0 Å². The first-order chi connectivity index (χ1) is 15.0. The predicted octanol–water partition coefficient (Wildman–Crippen LogP) is 8.74. The van der Waals surface area contributed by atoms with Gasteiger partial charge in [0, 0.05) is 32.3 Å². The highest BCUT2D eigenvalue weighted by atomic mass is 16.5. The summed E-state index contributed by atoms with van der Waals surface area (Å²) in [5.41, 5.74) is 0. The van der Waals surface area contributed by atoms with Crippen molar-refractivity contribution in [2.24, 2.45) is 5.92 Å². The molecule has 0 aliphatic carbocycles. The minimum Gasteiger partial charge on any atom is -0.379 e. The highest BCUT2D eigenvalue weighted by Crippen LogP contribution is 2.12. The summed E-state index contributed by atoms with van der Waals surface area (Å²) in [6, 6.07) is 0. The van der Waals surface area contributed by atoms with Crippen LogP contribution in [-0.2, 0) is 19.1 Å². The number of carbonyl (C=O) groups excluding carboxylic acids is 2. The highest BCUT2D eigenvalue weighted by Gasteiger charge is 2.12. The van der Waals surface area contributed by atoms with E-state index in [1.54, 1.807) is 0 Å². The van der Waals surface area contributed by atoms with Gasteiger partial charge < -0.3 is 9.47 Å². The molecule has 200 valence electrons. The second kappa shape index (κ2) is 27.5. The van der Waals surface area contributed by atoms with Crippen LogP contribution in [0.25, 0.3) is 0 Å². The first-order valence-electron chi connectivity index (χ1n) is 13.2. The Morgan fingerprint density at radius 2 is 1.18 bits per heavy atom. The number of hydrogen-bond donors (Lipinski definition) is 0. The topological polar surface area (TPSA) is 52.6 Å². The molecule has 4 heteroatoms. The maximum absolute atomic E-state index is 12.0. The first-order valence-corrected chi connectivity index (χ1v) is 13.2. The predicted molar refractivity (Wildman–Crippen MR) is 144 cm³/mol. The maximum Gasteiger partial charge on any atom is 0.133 e. The number of hydrogen-bond acceptors (Lipinski definition) is 4. The fraction of sp³-hybridized carbons (Fsp3) is 0.931. The molecule has 4 nitrogen and oxygen atoms in total. The summed E-state index contributed by atoms with van der Waals surface area (Å²) in [5, 5.41) is 0. The molecular weight excluding hydrogens is 412 g/mol. The molecule has 0 fully saturated rings. The SMILES string of the molecule is C.C.CCCCCCCCCCCCCOCC(C)OCC(C)CC(=O)CCCC(=O)CC. The normalized spacial score (nSPS) is 12.5. The lowest BCUT2D eigenvalue weighted by molar-refractivity contribution is -0.121. The van der Waals surface area contributed by atoms with Crippen LogP contribution in [-0.4, -0.2) is 37.5 Å². The van der Waals surface area contributed by atoms with Crippen molar-refractivity contribution in [3.05, 3.63) is 0 Å². The molecule has 0 N–H and O–H groups in total. The van der Waals surface area contributed by atoms with E-state index in [4.69, 9.17) is 9.47 Å². The molecule has 33 heavy (non-hydrogen) atoms. The minimum atomic E-state index is 0. The average Bonchev–Trinajstić information content (AvgIpc) is 2.75. The molecule has 0 aromatic rings. The van der Waals surface area contributed by atoms with Crippen molar-refractivity contribution < 1.29 is 19.1 Å². The summed E-state index contributed by atoms with van der Waals surface area (Å²) in [4.78, 5) is 23.3. The fourth-order valence-corrected chi connectivity index (χ4v) is 3.70. The van der Waals surface area contributed by atoms with Crippen LogP contribution >= 0.6 is 0 Å². The van der Waals surface area contributed by atoms with Crippen LogP contribution in [0.2, 0.25) is 0 Å². The molecule has 0 saturated heterocycles. The largest absolute Gasteiger partial charge is 0.379 e. The third-order valence-electron chi connectivity index (χ3n) is 5.79. The van der Waals surface area contributed by atoms with E-state index in [0.717, 1.165) is 13.0 Å². The number of rotatable bonds is 24. The van der Waals surface area contributed by atoms with E-state index in [-0.39, 0.29) is 38.4 Å². The Morgan fingerprint density at radius 3 is 1.73 bits per heavy atom. The van der Waals surface area contributed by atoms with Gasteiger partial charge in [0.1, 0.15) is 11.6 Å². The molecule has 0 aliphatic rings. The van der Waals surface area contributed by atoms with Crippen LogP contribution in [0.15, 0.2) is 0 Å². The van der Waals surface area contributed by atoms with Gasteiger partial charge in [-0.3, -0.25) is 9.59 Å². The zero-order chi connectivity index (χ0) is 23.2. The van der Waals surface area contributed by atoms with Crippen LogP contribution in [0.3, 0.4) is 0 Å². The van der Waals surface area contributed by atoms with E-state index in [1.807, 2.05) is 20.8 Å². The zero-order valence-corrected chi connectivity index (χ0v) is 21.2. The summed E-state index contributed by atoms with van der Waals surface area (Å²) >= 11 is 0. The van der Waals surface area contributed by atoms with E-state index in [9.17, 15) is 9.59 Å². The molecule has 0 heterocycles. The third kappa shape index (κ3) is 27.4. The smallest absolute Gasteiger partial charge is 0.133 e. The minimum absolute atomic E-state index is 0. The molecule has 0 aliphatic heterocycles. The van der Waals surface area contributed by atoms with E-state index in [2.05, 4.69) is 6.92 Å². The van der Waals surface area contributed by atoms with E-state index < -0.39 is 0 Å². The lowest BCUT2D eigenvalue weighted by Crippen LogP contribution is -2.21. The van der Waals surface area contributed by atoms with E-state index in [0.29, 0.717) is 45.3 Å². The second-order valence-corrected chi connectivity index (χ2v) is 9.35. The van der Waals surface area contributed by atoms with Crippen molar-refractivity contribution in [3.63, 3.8) is 0 Å². The Morgan fingerprint density at radius 1 is 0.667 bits per heavy atom. The number of Topliss-reactive ketones (excluding diaryl/α,β-unsaturated/α-hetero) is 2.